The molecule has 10 rings (SSSR count). The zero-order chi connectivity index (χ0) is 44.0. The van der Waals surface area contributed by atoms with Gasteiger partial charge in [0.25, 0.3) is 0 Å². The summed E-state index contributed by atoms with van der Waals surface area (Å²) in [6.07, 6.45) is 6.79. The minimum absolute atomic E-state index is 0.0166. The molecule has 0 amide bonds. The van der Waals surface area contributed by atoms with E-state index in [0.29, 0.717) is 0 Å². The second kappa shape index (κ2) is 17.4. The van der Waals surface area contributed by atoms with Crippen LogP contribution in [0.2, 0.25) is 13.1 Å². The zero-order valence-corrected chi connectivity index (χ0v) is 42.2. The third-order valence-corrected chi connectivity index (χ3v) is 66.1. The molecular formula is C60H53Cl2SiZr. The second-order valence-electron chi connectivity index (χ2n) is 18.1. The second-order valence-corrected chi connectivity index (χ2v) is 60.6. The summed E-state index contributed by atoms with van der Waals surface area (Å²) in [5.74, 6) is -1.76. The Morgan fingerprint density at radius 1 is 0.375 bits per heavy atom. The first-order valence-electron chi connectivity index (χ1n) is 22.9. The summed E-state index contributed by atoms with van der Waals surface area (Å²) in [7, 11) is 17.8. The van der Waals surface area contributed by atoms with Crippen molar-refractivity contribution in [1.82, 2.24) is 0 Å². The van der Waals surface area contributed by atoms with Gasteiger partial charge in [-0.15, -0.1) is 0 Å². The van der Waals surface area contributed by atoms with Gasteiger partial charge in [0.2, 0.25) is 0 Å². The molecule has 2 unspecified atom stereocenters. The molecule has 0 bridgehead atoms. The molecule has 0 spiro atoms. The van der Waals surface area contributed by atoms with Gasteiger partial charge in [0, 0.05) is 0 Å². The molecule has 8 aromatic carbocycles. The molecular weight excluding hydrogens is 911 g/mol. The number of benzene rings is 8. The first kappa shape index (κ1) is 42.8. The van der Waals surface area contributed by atoms with Gasteiger partial charge in [-0.1, -0.05) is 0 Å². The van der Waals surface area contributed by atoms with E-state index < -0.39 is 21.5 Å². The van der Waals surface area contributed by atoms with E-state index >= 15 is 0 Å². The molecule has 2 aliphatic carbocycles. The molecule has 0 aromatic heterocycles. The van der Waals surface area contributed by atoms with Gasteiger partial charge in [-0.3, -0.25) is 0 Å². The zero-order valence-electron chi connectivity index (χ0n) is 37.0. The Morgan fingerprint density at radius 2 is 0.672 bits per heavy atom. The molecule has 64 heavy (non-hydrogen) atoms. The van der Waals surface area contributed by atoms with Gasteiger partial charge < -0.3 is 0 Å². The standard InChI is InChI=1S/2C29H23.C2H7Si.2ClH.Zr/c2*1-2-21-16-24-14-9-15-28(29(24)17-21)27-19-25(22-10-5-3-6-11-22)18-26(20-27)23-12-7-4-8-13-23;1-3-2;;;/h2*3-20H,2H2,1H3;3H,1-2H3;2*1H;/q;;;;;+2/p-2. The van der Waals surface area contributed by atoms with Gasteiger partial charge in [0.05, 0.1) is 0 Å². The van der Waals surface area contributed by atoms with Crippen molar-refractivity contribution in [3.05, 3.63) is 228 Å². The minimum atomic E-state index is -5.04. The van der Waals surface area contributed by atoms with Crippen molar-refractivity contribution in [1.29, 1.82) is 0 Å². The Balaban J connectivity index is 1.13. The summed E-state index contributed by atoms with van der Waals surface area (Å²) >= 11 is -5.04. The quantitative estimate of drug-likeness (QED) is 0.113. The molecule has 0 heterocycles. The number of fused-ring (bicyclic) bond motifs is 2. The van der Waals surface area contributed by atoms with Crippen LogP contribution in [-0.2, 0) is 15.6 Å². The predicted octanol–water partition coefficient (Wildman–Crippen LogP) is 18.1. The number of rotatable bonds is 11. The van der Waals surface area contributed by atoms with Crippen molar-refractivity contribution in [2.75, 3.05) is 0 Å². The van der Waals surface area contributed by atoms with Crippen LogP contribution in [0.3, 0.4) is 0 Å². The molecule has 315 valence electrons. The molecule has 0 N–H and O–H groups in total. The summed E-state index contributed by atoms with van der Waals surface area (Å²) in [4.78, 5) is 0. The first-order chi connectivity index (χ1) is 31.2. The molecule has 0 saturated heterocycles. The van der Waals surface area contributed by atoms with Crippen LogP contribution in [-0.4, -0.2) is 5.92 Å². The molecule has 2 aliphatic rings. The third kappa shape index (κ3) is 7.42. The molecule has 0 radical (unpaired) electrons. The van der Waals surface area contributed by atoms with Gasteiger partial charge in [0.15, 0.2) is 0 Å². The average Bonchev–Trinajstić information content (AvgIpc) is 3.95. The Bertz CT molecular complexity index is 2760. The number of allylic oxidation sites excluding steroid dienone is 2. The predicted molar refractivity (Wildman–Crippen MR) is 278 cm³/mol. The van der Waals surface area contributed by atoms with E-state index in [0.717, 1.165) is 12.8 Å². The molecule has 8 aromatic rings. The van der Waals surface area contributed by atoms with Crippen molar-refractivity contribution in [3.63, 3.8) is 0 Å². The molecule has 0 saturated carbocycles. The van der Waals surface area contributed by atoms with E-state index in [1.54, 1.807) is 0 Å². The Labute approximate surface area is 388 Å². The van der Waals surface area contributed by atoms with Gasteiger partial charge in [-0.2, -0.15) is 0 Å². The summed E-state index contributed by atoms with van der Waals surface area (Å²) in [5, 5.41) is 0. The fourth-order valence-corrected chi connectivity index (χ4v) is 42.7. The normalized spacial score (nSPS) is 16.1. The Morgan fingerprint density at radius 3 is 0.953 bits per heavy atom. The van der Waals surface area contributed by atoms with Gasteiger partial charge in [-0.05, 0) is 0 Å². The number of hydrogen-bond acceptors (Lipinski definition) is 0. The van der Waals surface area contributed by atoms with Gasteiger partial charge >= 0.3 is 392 Å². The molecule has 2 atom stereocenters. The molecule has 0 nitrogen and oxygen atoms in total. The summed E-state index contributed by atoms with van der Waals surface area (Å²) in [5.41, 5.74) is 22.6. The van der Waals surface area contributed by atoms with Crippen LogP contribution >= 0.6 is 17.0 Å². The van der Waals surface area contributed by atoms with E-state index in [2.05, 4.69) is 233 Å². The molecule has 4 heteroatoms. The van der Waals surface area contributed by atoms with Crippen LogP contribution in [0.1, 0.15) is 56.2 Å². The van der Waals surface area contributed by atoms with E-state index in [1.165, 1.54) is 100 Å². The van der Waals surface area contributed by atoms with Crippen LogP contribution in [0.5, 0.6) is 0 Å². The van der Waals surface area contributed by atoms with Crippen LogP contribution in [0.4, 0.5) is 0 Å². The average molecular weight is 964 g/mol. The topological polar surface area (TPSA) is 0 Å². The van der Waals surface area contributed by atoms with Crippen LogP contribution < -0.4 is 0 Å². The van der Waals surface area contributed by atoms with Crippen molar-refractivity contribution >= 4 is 35.1 Å². The Kier molecular flexibility index (Phi) is 11.6. The van der Waals surface area contributed by atoms with Crippen LogP contribution in [0.25, 0.3) is 78.9 Å². The van der Waals surface area contributed by atoms with Crippen molar-refractivity contribution in [2.24, 2.45) is 0 Å². The van der Waals surface area contributed by atoms with Gasteiger partial charge in [-0.25, -0.2) is 0 Å². The van der Waals surface area contributed by atoms with Crippen molar-refractivity contribution in [3.8, 4) is 66.8 Å². The summed E-state index contributed by atoms with van der Waals surface area (Å²) in [6.45, 7) is 9.53. The fourth-order valence-electron chi connectivity index (χ4n) is 10.9. The van der Waals surface area contributed by atoms with Gasteiger partial charge in [0.1, 0.15) is 0 Å². The summed E-state index contributed by atoms with van der Waals surface area (Å²) in [6, 6.07) is 71.0. The molecule has 0 fully saturated rings. The fraction of sp³-hybridized carbons (Fsp3) is 0.133. The maximum absolute atomic E-state index is 8.92. The van der Waals surface area contributed by atoms with Crippen molar-refractivity contribution < 1.29 is 15.6 Å². The number of hydrogen-bond donors (Lipinski definition) is 0. The van der Waals surface area contributed by atoms with Crippen LogP contribution in [0, 0.1) is 0 Å². The SMILES string of the molecule is CCC1=Cc2c(-c3cc(-c4ccccc4)cc(-c4ccccc4)c3)cccc2[CH]1[Zr]([Cl])([Cl])([CH]1C(CC)=Cc2c(-c3cc(-c4ccccc4)cc(-c4ccccc4)c3)cccc21)[SiH](C)C. The number of halogens is 2. The third-order valence-electron chi connectivity index (χ3n) is 14.2. The first-order valence-corrected chi connectivity index (χ1v) is 39.2. The van der Waals surface area contributed by atoms with E-state index in [-0.39, 0.29) is 7.25 Å². The van der Waals surface area contributed by atoms with E-state index in [1.807, 2.05) is 0 Å². The molecule has 0 aliphatic heterocycles. The van der Waals surface area contributed by atoms with Crippen molar-refractivity contribution in [2.45, 2.75) is 47.0 Å². The van der Waals surface area contributed by atoms with E-state index in [9.17, 15) is 0 Å². The maximum atomic E-state index is 8.92. The summed E-state index contributed by atoms with van der Waals surface area (Å²) < 4.78 is 0.0332. The monoisotopic (exact) mass is 961 g/mol. The van der Waals surface area contributed by atoms with E-state index in [4.69, 9.17) is 17.0 Å². The Hall–Kier alpha value is -5.08. The van der Waals surface area contributed by atoms with Crippen LogP contribution in [0.15, 0.2) is 205 Å².